The van der Waals surface area contributed by atoms with Crippen molar-refractivity contribution in [3.8, 4) is 5.75 Å². The Morgan fingerprint density at radius 3 is 2.68 bits per heavy atom. The van der Waals surface area contributed by atoms with Crippen molar-refractivity contribution in [3.63, 3.8) is 0 Å². The molecule has 0 fully saturated rings. The molecule has 6 nitrogen and oxygen atoms in total. The first-order chi connectivity index (χ1) is 12.0. The van der Waals surface area contributed by atoms with Crippen LogP contribution in [0.1, 0.15) is 11.1 Å². The molecule has 0 atom stereocenters. The smallest absolute Gasteiger partial charge is 0.255 e. The molecule has 0 aromatic heterocycles. The fraction of sp³-hybridized carbons (Fsp3) is 0.118. The lowest BCUT2D eigenvalue weighted by Crippen LogP contribution is -2.20. The summed E-state index contributed by atoms with van der Waals surface area (Å²) < 4.78 is 6.19. The summed E-state index contributed by atoms with van der Waals surface area (Å²) in [5.41, 5.74) is 12.8. The van der Waals surface area contributed by atoms with Crippen LogP contribution in [0.4, 0.5) is 0 Å². The average Bonchev–Trinajstić information content (AvgIpc) is 2.60. The minimum atomic E-state index is -0.551. The first-order valence-corrected chi connectivity index (χ1v) is 9.06. The molecular formula is C17H17BrN4O2S. The summed E-state index contributed by atoms with van der Waals surface area (Å²) in [6, 6.07) is 15.3. The molecule has 2 aromatic rings. The van der Waals surface area contributed by atoms with E-state index in [1.165, 1.54) is 18.0 Å². The molecule has 8 heteroatoms. The van der Waals surface area contributed by atoms with Gasteiger partial charge in [0.25, 0.3) is 5.91 Å². The van der Waals surface area contributed by atoms with Crippen molar-refractivity contribution >= 4 is 45.0 Å². The van der Waals surface area contributed by atoms with E-state index in [1.807, 2.05) is 30.3 Å². The van der Waals surface area contributed by atoms with E-state index in [0.29, 0.717) is 16.5 Å². The minimum Gasteiger partial charge on any atom is -0.483 e. The maximum Gasteiger partial charge on any atom is 0.255 e. The van der Waals surface area contributed by atoms with Gasteiger partial charge in [0.05, 0.1) is 6.21 Å². The fourth-order valence-corrected chi connectivity index (χ4v) is 2.80. The molecule has 25 heavy (non-hydrogen) atoms. The Bertz CT molecular complexity index is 781. The Labute approximate surface area is 158 Å². The largest absolute Gasteiger partial charge is 0.483 e. The van der Waals surface area contributed by atoms with Crippen LogP contribution in [-0.2, 0) is 10.5 Å². The van der Waals surface area contributed by atoms with Gasteiger partial charge in [0.1, 0.15) is 5.75 Å². The van der Waals surface area contributed by atoms with Gasteiger partial charge in [0.2, 0.25) is 0 Å². The quantitative estimate of drug-likeness (QED) is 0.408. The average molecular weight is 421 g/mol. The van der Waals surface area contributed by atoms with E-state index in [4.69, 9.17) is 16.2 Å². The Kier molecular flexibility index (Phi) is 7.49. The van der Waals surface area contributed by atoms with Gasteiger partial charge in [-0.2, -0.15) is 5.10 Å². The van der Waals surface area contributed by atoms with Crippen molar-refractivity contribution in [3.05, 3.63) is 64.1 Å². The number of halogens is 1. The van der Waals surface area contributed by atoms with Crippen molar-refractivity contribution in [2.45, 2.75) is 5.75 Å². The minimum absolute atomic E-state index is 0.208. The normalized spacial score (nSPS) is 11.6. The number of benzene rings is 2. The number of hydrogen-bond donors (Lipinski definition) is 2. The van der Waals surface area contributed by atoms with Gasteiger partial charge in [0, 0.05) is 15.8 Å². The monoisotopic (exact) mass is 420 g/mol. The number of nitrogens with zero attached hydrogens (tertiary/aromatic N) is 2. The van der Waals surface area contributed by atoms with Crippen molar-refractivity contribution in [1.29, 1.82) is 0 Å². The number of carbonyl (C=O) groups is 1. The third-order valence-electron chi connectivity index (χ3n) is 2.92. The molecule has 0 radical (unpaired) electrons. The molecule has 0 saturated carbocycles. The third kappa shape index (κ3) is 6.98. The molecule has 0 aliphatic carbocycles. The maximum atomic E-state index is 10.9. The zero-order valence-electron chi connectivity index (χ0n) is 13.3. The second-order valence-electron chi connectivity index (χ2n) is 4.89. The van der Waals surface area contributed by atoms with Gasteiger partial charge < -0.3 is 16.2 Å². The highest BCUT2D eigenvalue weighted by molar-refractivity contribution is 9.10. The highest BCUT2D eigenvalue weighted by atomic mass is 79.9. The Morgan fingerprint density at radius 1 is 1.20 bits per heavy atom. The van der Waals surface area contributed by atoms with Crippen LogP contribution in [0.15, 0.2) is 63.2 Å². The molecule has 1 amide bonds. The lowest BCUT2D eigenvalue weighted by molar-refractivity contribution is -0.119. The van der Waals surface area contributed by atoms with Crippen LogP contribution < -0.4 is 16.2 Å². The van der Waals surface area contributed by atoms with Gasteiger partial charge in [-0.05, 0) is 23.8 Å². The molecule has 2 aromatic carbocycles. The van der Waals surface area contributed by atoms with Gasteiger partial charge in [-0.3, -0.25) is 4.79 Å². The predicted octanol–water partition coefficient (Wildman–Crippen LogP) is 2.90. The number of hydrogen-bond acceptors (Lipinski definition) is 5. The van der Waals surface area contributed by atoms with Crippen LogP contribution >= 0.6 is 27.7 Å². The van der Waals surface area contributed by atoms with Gasteiger partial charge in [-0.1, -0.05) is 58.0 Å². The number of carbonyl (C=O) groups excluding carboxylic acids is 1. The van der Waals surface area contributed by atoms with Gasteiger partial charge in [-0.15, -0.1) is 5.10 Å². The SMILES string of the molecule is NC(=O)COc1ccc(Br)cc1C=NN=C(N)SCc1ccccc1. The Hall–Kier alpha value is -2.32. The Morgan fingerprint density at radius 2 is 1.96 bits per heavy atom. The molecule has 0 spiro atoms. The van der Waals surface area contributed by atoms with E-state index in [0.717, 1.165) is 15.8 Å². The number of amidine groups is 1. The number of thioether (sulfide) groups is 1. The molecule has 0 heterocycles. The standard InChI is InChI=1S/C17H17BrN4O2S/c18-14-6-7-15(24-10-16(19)23)13(8-14)9-21-22-17(20)25-11-12-4-2-1-3-5-12/h1-9H,10-11H2,(H2,19,23)(H2,20,22). The number of rotatable bonds is 7. The van der Waals surface area contributed by atoms with Crippen LogP contribution in [0, 0.1) is 0 Å². The van der Waals surface area contributed by atoms with E-state index in [2.05, 4.69) is 26.1 Å². The van der Waals surface area contributed by atoms with Crippen LogP contribution in [-0.4, -0.2) is 23.9 Å². The van der Waals surface area contributed by atoms with E-state index in [1.54, 1.807) is 18.2 Å². The van der Waals surface area contributed by atoms with Gasteiger partial charge >= 0.3 is 0 Å². The van der Waals surface area contributed by atoms with Gasteiger partial charge in [-0.25, -0.2) is 0 Å². The zero-order chi connectivity index (χ0) is 18.1. The molecule has 130 valence electrons. The van der Waals surface area contributed by atoms with E-state index in [9.17, 15) is 4.79 Å². The molecule has 2 rings (SSSR count). The van der Waals surface area contributed by atoms with E-state index >= 15 is 0 Å². The number of nitrogens with two attached hydrogens (primary N) is 2. The zero-order valence-corrected chi connectivity index (χ0v) is 15.7. The van der Waals surface area contributed by atoms with E-state index < -0.39 is 5.91 Å². The van der Waals surface area contributed by atoms with Crippen LogP contribution in [0.2, 0.25) is 0 Å². The summed E-state index contributed by atoms with van der Waals surface area (Å²) >= 11 is 4.77. The Balaban J connectivity index is 1.99. The molecule has 0 aliphatic heterocycles. The summed E-state index contributed by atoms with van der Waals surface area (Å²) in [4.78, 5) is 10.9. The first kappa shape index (κ1) is 19.0. The van der Waals surface area contributed by atoms with Crippen LogP contribution in [0.5, 0.6) is 5.75 Å². The maximum absolute atomic E-state index is 10.9. The summed E-state index contributed by atoms with van der Waals surface area (Å²) in [5, 5.41) is 8.30. The fourth-order valence-electron chi connectivity index (χ4n) is 1.81. The van der Waals surface area contributed by atoms with Crippen molar-refractivity contribution in [1.82, 2.24) is 0 Å². The topological polar surface area (TPSA) is 103 Å². The summed E-state index contributed by atoms with van der Waals surface area (Å²) in [6.07, 6.45) is 1.51. The molecule has 0 unspecified atom stereocenters. The second kappa shape index (κ2) is 9.85. The third-order valence-corrected chi connectivity index (χ3v) is 4.27. The highest BCUT2D eigenvalue weighted by Gasteiger charge is 2.04. The number of amides is 1. The second-order valence-corrected chi connectivity index (χ2v) is 6.81. The van der Waals surface area contributed by atoms with Gasteiger partial charge in [0.15, 0.2) is 11.8 Å². The lowest BCUT2D eigenvalue weighted by atomic mass is 10.2. The van der Waals surface area contributed by atoms with E-state index in [-0.39, 0.29) is 6.61 Å². The lowest BCUT2D eigenvalue weighted by Gasteiger charge is -2.07. The van der Waals surface area contributed by atoms with Crippen molar-refractivity contribution < 1.29 is 9.53 Å². The predicted molar refractivity (Wildman–Crippen MR) is 106 cm³/mol. The number of primary amides is 1. The van der Waals surface area contributed by atoms with Crippen molar-refractivity contribution in [2.24, 2.45) is 21.7 Å². The highest BCUT2D eigenvalue weighted by Crippen LogP contribution is 2.22. The molecular weight excluding hydrogens is 404 g/mol. The molecule has 4 N–H and O–H groups in total. The number of ether oxygens (including phenoxy) is 1. The summed E-state index contributed by atoms with van der Waals surface area (Å²) in [7, 11) is 0. The van der Waals surface area contributed by atoms with Crippen LogP contribution in [0.3, 0.4) is 0 Å². The molecule has 0 bridgehead atoms. The molecule has 0 aliphatic rings. The summed E-state index contributed by atoms with van der Waals surface area (Å²) in [5.74, 6) is 0.650. The van der Waals surface area contributed by atoms with Crippen LogP contribution in [0.25, 0.3) is 0 Å². The first-order valence-electron chi connectivity index (χ1n) is 7.28. The molecule has 0 saturated heterocycles. The van der Waals surface area contributed by atoms with Crippen molar-refractivity contribution in [2.75, 3.05) is 6.61 Å². The summed E-state index contributed by atoms with van der Waals surface area (Å²) in [6.45, 7) is -0.208.